The van der Waals surface area contributed by atoms with Crippen molar-refractivity contribution in [3.63, 3.8) is 0 Å². The van der Waals surface area contributed by atoms with Crippen LogP contribution in [-0.4, -0.2) is 35.6 Å². The summed E-state index contributed by atoms with van der Waals surface area (Å²) in [5, 5.41) is 3.70. The highest BCUT2D eigenvalue weighted by atomic mass is 15.2. The molecule has 2 atom stereocenters. The zero-order valence-electron chi connectivity index (χ0n) is 13.4. The van der Waals surface area contributed by atoms with Gasteiger partial charge >= 0.3 is 0 Å². The van der Waals surface area contributed by atoms with Crippen LogP contribution in [0.15, 0.2) is 0 Å². The molecular weight excluding hydrogens is 220 g/mol. The summed E-state index contributed by atoms with van der Waals surface area (Å²) in [5.74, 6) is 0.723. The molecule has 2 unspecified atom stereocenters. The first kappa shape index (κ1) is 16.0. The van der Waals surface area contributed by atoms with Gasteiger partial charge in [0.2, 0.25) is 0 Å². The minimum atomic E-state index is 0.224. The molecule has 0 aromatic carbocycles. The quantitative estimate of drug-likeness (QED) is 0.823. The zero-order chi connectivity index (χ0) is 13.8. The number of hydrogen-bond donors (Lipinski definition) is 1. The van der Waals surface area contributed by atoms with Crippen molar-refractivity contribution in [2.24, 2.45) is 5.92 Å². The van der Waals surface area contributed by atoms with E-state index in [2.05, 4.69) is 51.8 Å². The second kappa shape index (κ2) is 6.91. The number of nitrogens with zero attached hydrogens (tertiary/aromatic N) is 1. The van der Waals surface area contributed by atoms with E-state index in [1.54, 1.807) is 0 Å². The van der Waals surface area contributed by atoms with Crippen molar-refractivity contribution in [2.45, 2.75) is 84.8 Å². The van der Waals surface area contributed by atoms with Gasteiger partial charge in [0, 0.05) is 24.2 Å². The summed E-state index contributed by atoms with van der Waals surface area (Å²) in [5.41, 5.74) is 0.224. The zero-order valence-corrected chi connectivity index (χ0v) is 13.4. The molecule has 2 heteroatoms. The fourth-order valence-electron chi connectivity index (χ4n) is 2.94. The minimum absolute atomic E-state index is 0.224. The summed E-state index contributed by atoms with van der Waals surface area (Å²) >= 11 is 0. The molecule has 108 valence electrons. The van der Waals surface area contributed by atoms with E-state index in [1.807, 2.05) is 0 Å². The summed E-state index contributed by atoms with van der Waals surface area (Å²) < 4.78 is 0. The van der Waals surface area contributed by atoms with Crippen LogP contribution in [0.1, 0.15) is 67.2 Å². The number of nitrogens with one attached hydrogen (secondary N) is 1. The fourth-order valence-corrected chi connectivity index (χ4v) is 2.94. The highest BCUT2D eigenvalue weighted by molar-refractivity contribution is 4.85. The van der Waals surface area contributed by atoms with Gasteiger partial charge in [0.1, 0.15) is 0 Å². The smallest absolute Gasteiger partial charge is 0.0246 e. The van der Waals surface area contributed by atoms with E-state index < -0.39 is 0 Å². The monoisotopic (exact) mass is 254 g/mol. The van der Waals surface area contributed by atoms with Gasteiger partial charge in [0.15, 0.2) is 0 Å². The van der Waals surface area contributed by atoms with Gasteiger partial charge in [-0.1, -0.05) is 26.7 Å². The maximum Gasteiger partial charge on any atom is 0.0246 e. The Balaban J connectivity index is 2.64. The van der Waals surface area contributed by atoms with Gasteiger partial charge < -0.3 is 5.32 Å². The third-order valence-corrected chi connectivity index (χ3v) is 4.14. The van der Waals surface area contributed by atoms with Gasteiger partial charge in [0.05, 0.1) is 0 Å². The highest BCUT2D eigenvalue weighted by Crippen LogP contribution is 2.22. The Hall–Kier alpha value is -0.0800. The molecule has 18 heavy (non-hydrogen) atoms. The molecule has 2 nitrogen and oxygen atoms in total. The molecule has 0 bridgehead atoms. The Kier molecular flexibility index (Phi) is 6.13. The maximum atomic E-state index is 3.70. The van der Waals surface area contributed by atoms with Gasteiger partial charge in [-0.2, -0.15) is 0 Å². The van der Waals surface area contributed by atoms with Gasteiger partial charge in [-0.25, -0.2) is 0 Å². The molecule has 1 aliphatic heterocycles. The molecule has 0 radical (unpaired) electrons. The van der Waals surface area contributed by atoms with Crippen molar-refractivity contribution < 1.29 is 0 Å². The van der Waals surface area contributed by atoms with Crippen molar-refractivity contribution in [1.29, 1.82) is 0 Å². The summed E-state index contributed by atoms with van der Waals surface area (Å²) in [7, 11) is 0. The lowest BCUT2D eigenvalue weighted by Crippen LogP contribution is -2.52. The van der Waals surface area contributed by atoms with Crippen LogP contribution in [-0.2, 0) is 0 Å². The van der Waals surface area contributed by atoms with E-state index in [4.69, 9.17) is 0 Å². The van der Waals surface area contributed by atoms with E-state index in [9.17, 15) is 0 Å². The van der Waals surface area contributed by atoms with E-state index in [0.717, 1.165) is 18.5 Å². The number of hydrogen-bond acceptors (Lipinski definition) is 2. The van der Waals surface area contributed by atoms with Crippen LogP contribution in [0.5, 0.6) is 0 Å². The average molecular weight is 254 g/mol. The molecule has 1 rings (SSSR count). The van der Waals surface area contributed by atoms with Crippen LogP contribution >= 0.6 is 0 Å². The standard InChI is InChI=1S/C16H34N2/c1-13(2)15(12-17-16(4,5)6)18-11-9-7-8-10-14(18)3/h13-15,17H,7-12H2,1-6H3. The molecule has 0 spiro atoms. The SMILES string of the molecule is CC(C)C(CNC(C)(C)C)N1CCCCCC1C. The molecular formula is C16H34N2. The van der Waals surface area contributed by atoms with Crippen LogP contribution in [0.25, 0.3) is 0 Å². The lowest BCUT2D eigenvalue weighted by atomic mass is 9.98. The second-order valence-electron chi connectivity index (χ2n) is 7.38. The predicted molar refractivity (Wildman–Crippen MR) is 81.0 cm³/mol. The van der Waals surface area contributed by atoms with Crippen molar-refractivity contribution in [2.75, 3.05) is 13.1 Å². The molecule has 0 aromatic heterocycles. The molecule has 1 saturated heterocycles. The molecule has 1 fully saturated rings. The molecule has 0 aromatic rings. The van der Waals surface area contributed by atoms with E-state index in [1.165, 1.54) is 32.2 Å². The topological polar surface area (TPSA) is 15.3 Å². The Morgan fingerprint density at radius 3 is 2.39 bits per heavy atom. The van der Waals surface area contributed by atoms with Crippen molar-refractivity contribution in [1.82, 2.24) is 10.2 Å². The third kappa shape index (κ3) is 5.27. The van der Waals surface area contributed by atoms with Gasteiger partial charge in [-0.15, -0.1) is 0 Å². The van der Waals surface area contributed by atoms with E-state index in [-0.39, 0.29) is 5.54 Å². The summed E-state index contributed by atoms with van der Waals surface area (Å²) in [6, 6.07) is 1.43. The van der Waals surface area contributed by atoms with Crippen LogP contribution in [0.3, 0.4) is 0 Å². The van der Waals surface area contributed by atoms with Crippen LogP contribution < -0.4 is 5.32 Å². The largest absolute Gasteiger partial charge is 0.311 e. The Morgan fingerprint density at radius 2 is 1.83 bits per heavy atom. The molecule has 0 aliphatic carbocycles. The normalized spacial score (nSPS) is 25.2. The summed E-state index contributed by atoms with van der Waals surface area (Å²) in [4.78, 5) is 2.76. The average Bonchev–Trinajstić information content (AvgIpc) is 2.42. The van der Waals surface area contributed by atoms with Crippen molar-refractivity contribution in [3.05, 3.63) is 0 Å². The van der Waals surface area contributed by atoms with E-state index in [0.29, 0.717) is 6.04 Å². The van der Waals surface area contributed by atoms with Crippen LogP contribution in [0, 0.1) is 5.92 Å². The second-order valence-corrected chi connectivity index (χ2v) is 7.38. The van der Waals surface area contributed by atoms with Gasteiger partial charge in [-0.3, -0.25) is 4.90 Å². The molecule has 1 heterocycles. The Bertz CT molecular complexity index is 230. The van der Waals surface area contributed by atoms with Crippen molar-refractivity contribution >= 4 is 0 Å². The Morgan fingerprint density at radius 1 is 1.17 bits per heavy atom. The third-order valence-electron chi connectivity index (χ3n) is 4.14. The summed E-state index contributed by atoms with van der Waals surface area (Å²) in [6.07, 6.45) is 5.58. The molecule has 0 saturated carbocycles. The first-order valence-electron chi connectivity index (χ1n) is 7.82. The maximum absolute atomic E-state index is 3.70. The molecule has 1 N–H and O–H groups in total. The minimum Gasteiger partial charge on any atom is -0.311 e. The van der Waals surface area contributed by atoms with Gasteiger partial charge in [0.25, 0.3) is 0 Å². The lowest BCUT2D eigenvalue weighted by Gasteiger charge is -2.39. The van der Waals surface area contributed by atoms with Crippen molar-refractivity contribution in [3.8, 4) is 0 Å². The van der Waals surface area contributed by atoms with Crippen LogP contribution in [0.4, 0.5) is 0 Å². The number of likely N-dealkylation sites (tertiary alicyclic amines) is 1. The molecule has 0 amide bonds. The predicted octanol–water partition coefficient (Wildman–Crippen LogP) is 3.66. The first-order valence-corrected chi connectivity index (χ1v) is 7.82. The number of rotatable bonds is 4. The van der Waals surface area contributed by atoms with E-state index >= 15 is 0 Å². The Labute approximate surface area is 115 Å². The first-order chi connectivity index (χ1) is 8.31. The molecule has 1 aliphatic rings. The van der Waals surface area contributed by atoms with Gasteiger partial charge in [-0.05, 0) is 53.0 Å². The lowest BCUT2D eigenvalue weighted by molar-refractivity contribution is 0.105. The fraction of sp³-hybridized carbons (Fsp3) is 1.00. The summed E-state index contributed by atoms with van der Waals surface area (Å²) in [6.45, 7) is 16.3. The van der Waals surface area contributed by atoms with Crippen LogP contribution in [0.2, 0.25) is 0 Å². The highest BCUT2D eigenvalue weighted by Gasteiger charge is 2.27.